The van der Waals surface area contributed by atoms with Crippen molar-refractivity contribution in [3.8, 4) is 6.07 Å². The Balaban J connectivity index is 2.42. The second kappa shape index (κ2) is 3.40. The van der Waals surface area contributed by atoms with Crippen molar-refractivity contribution in [1.29, 1.82) is 5.26 Å². The third-order valence-electron chi connectivity index (χ3n) is 2.99. The average molecular weight is 250 g/mol. The number of hydrogen-bond acceptors (Lipinski definition) is 1. The minimum atomic E-state index is -0.159. The second-order valence-electron chi connectivity index (χ2n) is 4.23. The normalized spacial score (nSPS) is 25.2. The highest BCUT2D eigenvalue weighted by Crippen LogP contribution is 2.37. The van der Waals surface area contributed by atoms with E-state index in [0.29, 0.717) is 0 Å². The molecular formula is C12H12BrN. The van der Waals surface area contributed by atoms with Crippen LogP contribution in [0.5, 0.6) is 0 Å². The number of fused-ring (bicyclic) bond motifs is 1. The van der Waals surface area contributed by atoms with Crippen LogP contribution in [0.25, 0.3) is 0 Å². The lowest BCUT2D eigenvalue weighted by Crippen LogP contribution is -2.24. The minimum Gasteiger partial charge on any atom is -0.198 e. The molecule has 1 aromatic rings. The zero-order chi connectivity index (χ0) is 10.2. The van der Waals surface area contributed by atoms with Crippen molar-refractivity contribution in [3.05, 3.63) is 33.8 Å². The van der Waals surface area contributed by atoms with E-state index in [-0.39, 0.29) is 5.41 Å². The van der Waals surface area contributed by atoms with Crippen LogP contribution in [0.15, 0.2) is 22.7 Å². The number of halogens is 1. The Labute approximate surface area is 92.9 Å². The number of benzene rings is 1. The first kappa shape index (κ1) is 9.73. The van der Waals surface area contributed by atoms with Crippen molar-refractivity contribution >= 4 is 15.9 Å². The van der Waals surface area contributed by atoms with Gasteiger partial charge >= 0.3 is 0 Å². The molecule has 1 aromatic carbocycles. The Kier molecular flexibility index (Phi) is 2.36. The van der Waals surface area contributed by atoms with Gasteiger partial charge in [0, 0.05) is 4.47 Å². The SMILES string of the molecule is CC1(C#N)CCc2c(Br)cccc2C1. The fourth-order valence-corrected chi connectivity index (χ4v) is 2.66. The highest BCUT2D eigenvalue weighted by Gasteiger charge is 2.30. The van der Waals surface area contributed by atoms with Gasteiger partial charge in [-0.1, -0.05) is 28.1 Å². The first-order valence-electron chi connectivity index (χ1n) is 4.82. The molecule has 0 saturated carbocycles. The van der Waals surface area contributed by atoms with E-state index in [9.17, 15) is 0 Å². The Morgan fingerprint density at radius 3 is 3.00 bits per heavy atom. The van der Waals surface area contributed by atoms with Crippen LogP contribution >= 0.6 is 15.9 Å². The van der Waals surface area contributed by atoms with Gasteiger partial charge in [0.2, 0.25) is 0 Å². The van der Waals surface area contributed by atoms with E-state index in [2.05, 4.69) is 41.1 Å². The van der Waals surface area contributed by atoms with Gasteiger partial charge in [0.1, 0.15) is 0 Å². The van der Waals surface area contributed by atoms with Crippen LogP contribution in [0, 0.1) is 16.7 Å². The molecule has 2 rings (SSSR count). The first-order valence-corrected chi connectivity index (χ1v) is 5.61. The molecule has 0 heterocycles. The molecule has 1 nitrogen and oxygen atoms in total. The minimum absolute atomic E-state index is 0.159. The van der Waals surface area contributed by atoms with Gasteiger partial charge in [0.15, 0.2) is 0 Å². The maximum absolute atomic E-state index is 9.08. The van der Waals surface area contributed by atoms with Crippen molar-refractivity contribution in [2.45, 2.75) is 26.2 Å². The van der Waals surface area contributed by atoms with Gasteiger partial charge in [-0.2, -0.15) is 5.26 Å². The molecule has 72 valence electrons. The molecule has 0 fully saturated rings. The number of nitrogens with zero attached hydrogens (tertiary/aromatic N) is 1. The third kappa shape index (κ3) is 1.57. The summed E-state index contributed by atoms with van der Waals surface area (Å²) in [4.78, 5) is 0. The van der Waals surface area contributed by atoms with Crippen LogP contribution in [0.1, 0.15) is 24.5 Å². The van der Waals surface area contributed by atoms with Crippen molar-refractivity contribution in [3.63, 3.8) is 0 Å². The Hall–Kier alpha value is -0.810. The van der Waals surface area contributed by atoms with E-state index < -0.39 is 0 Å². The van der Waals surface area contributed by atoms with Crippen molar-refractivity contribution in [1.82, 2.24) is 0 Å². The monoisotopic (exact) mass is 249 g/mol. The van der Waals surface area contributed by atoms with Gasteiger partial charge in [0.05, 0.1) is 11.5 Å². The number of hydrogen-bond donors (Lipinski definition) is 0. The highest BCUT2D eigenvalue weighted by atomic mass is 79.9. The molecule has 0 N–H and O–H groups in total. The predicted molar refractivity (Wildman–Crippen MR) is 59.9 cm³/mol. The summed E-state index contributed by atoms with van der Waals surface area (Å²) < 4.78 is 1.19. The third-order valence-corrected chi connectivity index (χ3v) is 3.74. The van der Waals surface area contributed by atoms with Crippen LogP contribution in [-0.2, 0) is 12.8 Å². The van der Waals surface area contributed by atoms with Crippen molar-refractivity contribution in [2.75, 3.05) is 0 Å². The standard InChI is InChI=1S/C12H12BrN/c1-12(8-14)6-5-10-9(7-12)3-2-4-11(10)13/h2-4H,5-7H2,1H3. The maximum atomic E-state index is 9.08. The summed E-state index contributed by atoms with van der Waals surface area (Å²) in [7, 11) is 0. The fourth-order valence-electron chi connectivity index (χ4n) is 2.05. The lowest BCUT2D eigenvalue weighted by Gasteiger charge is -2.29. The van der Waals surface area contributed by atoms with E-state index in [1.165, 1.54) is 15.6 Å². The van der Waals surface area contributed by atoms with Gasteiger partial charge < -0.3 is 0 Å². The summed E-state index contributed by atoms with van der Waals surface area (Å²) in [5, 5.41) is 9.08. The summed E-state index contributed by atoms with van der Waals surface area (Å²) in [6.07, 6.45) is 2.87. The Bertz CT molecular complexity index is 405. The maximum Gasteiger partial charge on any atom is 0.0690 e. The zero-order valence-electron chi connectivity index (χ0n) is 8.18. The topological polar surface area (TPSA) is 23.8 Å². The molecule has 1 aliphatic carbocycles. The molecule has 1 unspecified atom stereocenters. The first-order chi connectivity index (χ1) is 6.64. The van der Waals surface area contributed by atoms with Crippen LogP contribution in [0.3, 0.4) is 0 Å². The predicted octanol–water partition coefficient (Wildman–Crippen LogP) is 3.47. The van der Waals surface area contributed by atoms with Gasteiger partial charge in [-0.15, -0.1) is 0 Å². The van der Waals surface area contributed by atoms with E-state index in [1.807, 2.05) is 6.07 Å². The summed E-state index contributed by atoms with van der Waals surface area (Å²) in [5.74, 6) is 0. The Morgan fingerprint density at radius 2 is 2.29 bits per heavy atom. The highest BCUT2D eigenvalue weighted by molar-refractivity contribution is 9.10. The van der Waals surface area contributed by atoms with Crippen molar-refractivity contribution in [2.24, 2.45) is 5.41 Å². The number of nitriles is 1. The lowest BCUT2D eigenvalue weighted by molar-refractivity contribution is 0.380. The van der Waals surface area contributed by atoms with Crippen LogP contribution in [0.4, 0.5) is 0 Å². The van der Waals surface area contributed by atoms with Crippen LogP contribution in [-0.4, -0.2) is 0 Å². The largest absolute Gasteiger partial charge is 0.198 e. The molecule has 1 atom stereocenters. The summed E-state index contributed by atoms with van der Waals surface area (Å²) >= 11 is 3.56. The smallest absolute Gasteiger partial charge is 0.0690 e. The van der Waals surface area contributed by atoms with Crippen molar-refractivity contribution < 1.29 is 0 Å². The van der Waals surface area contributed by atoms with E-state index in [1.54, 1.807) is 0 Å². The molecule has 2 heteroatoms. The molecule has 14 heavy (non-hydrogen) atoms. The second-order valence-corrected chi connectivity index (χ2v) is 5.08. The van der Waals surface area contributed by atoms with E-state index in [4.69, 9.17) is 5.26 Å². The number of rotatable bonds is 0. The van der Waals surface area contributed by atoms with E-state index >= 15 is 0 Å². The van der Waals surface area contributed by atoms with E-state index in [0.717, 1.165) is 19.3 Å². The molecule has 0 saturated heterocycles. The zero-order valence-corrected chi connectivity index (χ0v) is 9.76. The molecular weight excluding hydrogens is 238 g/mol. The quantitative estimate of drug-likeness (QED) is 0.691. The average Bonchev–Trinajstić information content (AvgIpc) is 2.18. The van der Waals surface area contributed by atoms with Gasteiger partial charge in [-0.25, -0.2) is 0 Å². The molecule has 0 bridgehead atoms. The Morgan fingerprint density at radius 1 is 1.50 bits per heavy atom. The molecule has 0 aromatic heterocycles. The summed E-state index contributed by atoms with van der Waals surface area (Å²) in [6, 6.07) is 8.68. The molecule has 0 amide bonds. The molecule has 0 spiro atoms. The fraction of sp³-hybridized carbons (Fsp3) is 0.417. The summed E-state index contributed by atoms with van der Waals surface area (Å²) in [6.45, 7) is 2.05. The van der Waals surface area contributed by atoms with Gasteiger partial charge in [-0.05, 0) is 43.4 Å². The molecule has 1 aliphatic rings. The van der Waals surface area contributed by atoms with Crippen LogP contribution < -0.4 is 0 Å². The van der Waals surface area contributed by atoms with Gasteiger partial charge in [0.25, 0.3) is 0 Å². The van der Waals surface area contributed by atoms with Crippen LogP contribution in [0.2, 0.25) is 0 Å². The van der Waals surface area contributed by atoms with Gasteiger partial charge in [-0.3, -0.25) is 0 Å². The molecule has 0 aliphatic heterocycles. The molecule has 0 radical (unpaired) electrons. The lowest BCUT2D eigenvalue weighted by atomic mass is 9.74. The summed E-state index contributed by atoms with van der Waals surface area (Å²) in [5.41, 5.74) is 2.56.